The third-order valence-electron chi connectivity index (χ3n) is 3.64. The molecule has 0 fully saturated rings. The lowest BCUT2D eigenvalue weighted by atomic mass is 10.0. The molecule has 0 atom stereocenters. The van der Waals surface area contributed by atoms with Crippen LogP contribution in [0.15, 0.2) is 51.9 Å². The van der Waals surface area contributed by atoms with Gasteiger partial charge >= 0.3 is 6.18 Å². The van der Waals surface area contributed by atoms with Crippen LogP contribution < -0.4 is 10.2 Å². The van der Waals surface area contributed by atoms with E-state index in [1.54, 1.807) is 6.92 Å². The standard InChI is InChI=1S/C18H13F3O4/c1-2-24-12-7-14(22)16-15(8-12)25-9-13(17(16)23)10-4-3-5-11(6-10)18(19,20)21/h3-9,22H,2H2,1H3. The zero-order chi connectivity index (χ0) is 18.2. The summed E-state index contributed by atoms with van der Waals surface area (Å²) in [5.74, 6) is -0.0361. The Balaban J connectivity index is 2.19. The van der Waals surface area contributed by atoms with Gasteiger partial charge in [0, 0.05) is 12.1 Å². The van der Waals surface area contributed by atoms with E-state index >= 15 is 0 Å². The van der Waals surface area contributed by atoms with Crippen LogP contribution in [0.25, 0.3) is 22.1 Å². The third-order valence-corrected chi connectivity index (χ3v) is 3.64. The van der Waals surface area contributed by atoms with Crippen LogP contribution in [0, 0.1) is 0 Å². The highest BCUT2D eigenvalue weighted by atomic mass is 19.4. The van der Waals surface area contributed by atoms with Crippen LogP contribution in [0.3, 0.4) is 0 Å². The minimum atomic E-state index is -4.53. The van der Waals surface area contributed by atoms with Crippen LogP contribution in [0.5, 0.6) is 11.5 Å². The van der Waals surface area contributed by atoms with Gasteiger partial charge in [0.25, 0.3) is 0 Å². The van der Waals surface area contributed by atoms with Gasteiger partial charge in [0.1, 0.15) is 28.7 Å². The summed E-state index contributed by atoms with van der Waals surface area (Å²) in [7, 11) is 0. The van der Waals surface area contributed by atoms with E-state index in [9.17, 15) is 23.1 Å². The quantitative estimate of drug-likeness (QED) is 0.751. The van der Waals surface area contributed by atoms with E-state index in [0.717, 1.165) is 18.4 Å². The van der Waals surface area contributed by atoms with E-state index in [2.05, 4.69) is 0 Å². The van der Waals surface area contributed by atoms with Crippen LogP contribution in [0.2, 0.25) is 0 Å². The maximum atomic E-state index is 12.9. The van der Waals surface area contributed by atoms with E-state index in [-0.39, 0.29) is 27.8 Å². The van der Waals surface area contributed by atoms with Gasteiger partial charge in [-0.2, -0.15) is 13.2 Å². The van der Waals surface area contributed by atoms with Gasteiger partial charge in [-0.1, -0.05) is 12.1 Å². The molecule has 0 bridgehead atoms. The van der Waals surface area contributed by atoms with Gasteiger partial charge in [0.15, 0.2) is 0 Å². The Morgan fingerprint density at radius 3 is 2.64 bits per heavy atom. The van der Waals surface area contributed by atoms with E-state index in [1.807, 2.05) is 0 Å². The molecule has 1 aromatic heterocycles. The lowest BCUT2D eigenvalue weighted by molar-refractivity contribution is -0.137. The molecule has 0 spiro atoms. The predicted octanol–water partition coefficient (Wildman–Crippen LogP) is 4.58. The first-order valence-corrected chi connectivity index (χ1v) is 7.40. The minimum Gasteiger partial charge on any atom is -0.507 e. The fourth-order valence-electron chi connectivity index (χ4n) is 2.52. The normalized spacial score (nSPS) is 11.7. The van der Waals surface area contributed by atoms with Gasteiger partial charge in [0.05, 0.1) is 17.7 Å². The lowest BCUT2D eigenvalue weighted by Crippen LogP contribution is -2.08. The van der Waals surface area contributed by atoms with Gasteiger partial charge in [-0.15, -0.1) is 0 Å². The molecule has 130 valence electrons. The predicted molar refractivity (Wildman–Crippen MR) is 85.8 cm³/mol. The number of ether oxygens (including phenoxy) is 1. The van der Waals surface area contributed by atoms with Crippen molar-refractivity contribution in [3.63, 3.8) is 0 Å². The van der Waals surface area contributed by atoms with Crippen molar-refractivity contribution in [2.45, 2.75) is 13.1 Å². The molecule has 0 saturated heterocycles. The van der Waals surface area contributed by atoms with Gasteiger partial charge < -0.3 is 14.3 Å². The maximum Gasteiger partial charge on any atom is 0.416 e. The Labute approximate surface area is 140 Å². The summed E-state index contributed by atoms with van der Waals surface area (Å²) in [6.07, 6.45) is -3.45. The molecular weight excluding hydrogens is 337 g/mol. The van der Waals surface area contributed by atoms with Crippen LogP contribution >= 0.6 is 0 Å². The highest BCUT2D eigenvalue weighted by molar-refractivity contribution is 5.88. The summed E-state index contributed by atoms with van der Waals surface area (Å²) in [4.78, 5) is 12.6. The summed E-state index contributed by atoms with van der Waals surface area (Å²) in [6, 6.07) is 7.06. The first kappa shape index (κ1) is 16.9. The van der Waals surface area contributed by atoms with Gasteiger partial charge in [-0.25, -0.2) is 0 Å². The van der Waals surface area contributed by atoms with Crippen molar-refractivity contribution in [2.75, 3.05) is 6.61 Å². The second kappa shape index (κ2) is 6.16. The third kappa shape index (κ3) is 3.17. The van der Waals surface area contributed by atoms with Crippen molar-refractivity contribution in [2.24, 2.45) is 0 Å². The number of alkyl halides is 3. The molecular formula is C18H13F3O4. The zero-order valence-electron chi connectivity index (χ0n) is 13.1. The molecule has 2 aromatic carbocycles. The van der Waals surface area contributed by atoms with Crippen molar-refractivity contribution >= 4 is 11.0 Å². The van der Waals surface area contributed by atoms with Crippen molar-refractivity contribution in [1.82, 2.24) is 0 Å². The van der Waals surface area contributed by atoms with Crippen LogP contribution in [-0.4, -0.2) is 11.7 Å². The summed E-state index contributed by atoms with van der Waals surface area (Å²) < 4.78 is 49.2. The Bertz CT molecular complexity index is 990. The van der Waals surface area contributed by atoms with Gasteiger partial charge in [-0.3, -0.25) is 4.79 Å². The molecule has 3 rings (SSSR count). The summed E-state index contributed by atoms with van der Waals surface area (Å²) in [5.41, 5.74) is -1.43. The molecule has 0 aliphatic heterocycles. The Morgan fingerprint density at radius 1 is 1.20 bits per heavy atom. The zero-order valence-corrected chi connectivity index (χ0v) is 13.1. The lowest BCUT2D eigenvalue weighted by Gasteiger charge is -2.10. The Morgan fingerprint density at radius 2 is 1.96 bits per heavy atom. The van der Waals surface area contributed by atoms with E-state index < -0.39 is 17.2 Å². The average molecular weight is 350 g/mol. The van der Waals surface area contributed by atoms with Crippen molar-refractivity contribution < 1.29 is 27.4 Å². The Hall–Kier alpha value is -2.96. The highest BCUT2D eigenvalue weighted by Gasteiger charge is 2.30. The molecule has 3 aromatic rings. The van der Waals surface area contributed by atoms with Crippen molar-refractivity contribution in [3.05, 3.63) is 58.4 Å². The second-order valence-corrected chi connectivity index (χ2v) is 5.31. The molecule has 25 heavy (non-hydrogen) atoms. The van der Waals surface area contributed by atoms with Gasteiger partial charge in [0.2, 0.25) is 5.43 Å². The van der Waals surface area contributed by atoms with Crippen LogP contribution in [0.1, 0.15) is 12.5 Å². The number of halogens is 3. The fourth-order valence-corrected chi connectivity index (χ4v) is 2.52. The molecule has 0 saturated carbocycles. The second-order valence-electron chi connectivity index (χ2n) is 5.31. The number of hydrogen-bond acceptors (Lipinski definition) is 4. The molecule has 7 heteroatoms. The molecule has 0 aliphatic rings. The van der Waals surface area contributed by atoms with Crippen LogP contribution in [-0.2, 0) is 6.18 Å². The number of rotatable bonds is 3. The number of fused-ring (bicyclic) bond motifs is 1. The monoisotopic (exact) mass is 350 g/mol. The molecule has 0 amide bonds. The summed E-state index contributed by atoms with van der Waals surface area (Å²) >= 11 is 0. The number of phenols is 1. The largest absolute Gasteiger partial charge is 0.507 e. The maximum absolute atomic E-state index is 12.9. The molecule has 0 unspecified atom stereocenters. The topological polar surface area (TPSA) is 59.7 Å². The number of phenolic OH excluding ortho intramolecular Hbond substituents is 1. The number of aromatic hydroxyl groups is 1. The SMILES string of the molecule is CCOc1cc(O)c2c(=O)c(-c3cccc(C(F)(F)F)c3)coc2c1. The molecule has 0 aliphatic carbocycles. The van der Waals surface area contributed by atoms with E-state index in [0.29, 0.717) is 12.4 Å². The highest BCUT2D eigenvalue weighted by Crippen LogP contribution is 2.33. The number of benzene rings is 2. The minimum absolute atomic E-state index is 0.0544. The summed E-state index contributed by atoms with van der Waals surface area (Å²) in [5, 5.41) is 9.98. The summed E-state index contributed by atoms with van der Waals surface area (Å²) in [6.45, 7) is 2.12. The average Bonchev–Trinajstić information content (AvgIpc) is 2.54. The first-order chi connectivity index (χ1) is 11.8. The van der Waals surface area contributed by atoms with E-state index in [1.165, 1.54) is 24.3 Å². The molecule has 1 heterocycles. The fraction of sp³-hybridized carbons (Fsp3) is 0.167. The van der Waals surface area contributed by atoms with E-state index in [4.69, 9.17) is 9.15 Å². The van der Waals surface area contributed by atoms with Crippen molar-refractivity contribution in [3.8, 4) is 22.6 Å². The van der Waals surface area contributed by atoms with Crippen LogP contribution in [0.4, 0.5) is 13.2 Å². The first-order valence-electron chi connectivity index (χ1n) is 7.40. The van der Waals surface area contributed by atoms with Gasteiger partial charge in [-0.05, 0) is 24.6 Å². The molecule has 1 N–H and O–H groups in total. The smallest absolute Gasteiger partial charge is 0.416 e. The van der Waals surface area contributed by atoms with Crippen molar-refractivity contribution in [1.29, 1.82) is 0 Å². The molecule has 0 radical (unpaired) electrons. The Kier molecular flexibility index (Phi) is 4.16. The number of hydrogen-bond donors (Lipinski definition) is 1. The molecule has 4 nitrogen and oxygen atoms in total.